The van der Waals surface area contributed by atoms with Gasteiger partial charge < -0.3 is 5.11 Å². The Morgan fingerprint density at radius 3 is 2.56 bits per heavy atom. The summed E-state index contributed by atoms with van der Waals surface area (Å²) in [5, 5.41) is 9.38. The van der Waals surface area contributed by atoms with Gasteiger partial charge in [0, 0.05) is 16.6 Å². The first-order valence-electron chi connectivity index (χ1n) is 5.71. The van der Waals surface area contributed by atoms with Gasteiger partial charge in [-0.15, -0.1) is 11.8 Å². The molecule has 1 aromatic rings. The van der Waals surface area contributed by atoms with E-state index < -0.39 is 5.97 Å². The summed E-state index contributed by atoms with van der Waals surface area (Å²) in [6.45, 7) is 0. The Labute approximate surface area is 100 Å². The number of carboxylic acid groups (broad SMARTS) is 1. The first kappa shape index (κ1) is 11.5. The van der Waals surface area contributed by atoms with Gasteiger partial charge in [-0.2, -0.15) is 0 Å². The molecule has 1 fully saturated rings. The van der Waals surface area contributed by atoms with E-state index >= 15 is 0 Å². The Morgan fingerprint density at radius 2 is 2.00 bits per heavy atom. The van der Waals surface area contributed by atoms with Crippen LogP contribution in [0, 0.1) is 0 Å². The summed E-state index contributed by atoms with van der Waals surface area (Å²) in [5.74, 6) is -0.707. The van der Waals surface area contributed by atoms with Crippen LogP contribution in [-0.2, 0) is 11.2 Å². The van der Waals surface area contributed by atoms with Gasteiger partial charge in [0.2, 0.25) is 0 Å². The van der Waals surface area contributed by atoms with Gasteiger partial charge in [-0.1, -0.05) is 12.1 Å². The van der Waals surface area contributed by atoms with Crippen molar-refractivity contribution >= 4 is 17.7 Å². The second kappa shape index (κ2) is 5.39. The Balaban J connectivity index is 1.79. The molecule has 0 saturated heterocycles. The van der Waals surface area contributed by atoms with Gasteiger partial charge in [0.25, 0.3) is 0 Å². The zero-order chi connectivity index (χ0) is 11.4. The van der Waals surface area contributed by atoms with Crippen LogP contribution < -0.4 is 0 Å². The largest absolute Gasteiger partial charge is 0.481 e. The predicted molar refractivity (Wildman–Crippen MR) is 65.9 cm³/mol. The molecule has 0 spiro atoms. The zero-order valence-corrected chi connectivity index (χ0v) is 10.0. The molecule has 0 aliphatic heterocycles. The summed E-state index contributed by atoms with van der Waals surface area (Å²) in [4.78, 5) is 11.7. The fraction of sp³-hybridized carbons (Fsp3) is 0.462. The second-order valence-electron chi connectivity index (χ2n) is 4.21. The third-order valence-corrected chi connectivity index (χ3v) is 3.96. The monoisotopic (exact) mass is 236 g/mol. The Kier molecular flexibility index (Phi) is 3.88. The molecule has 0 heterocycles. The molecule has 1 saturated carbocycles. The molecular formula is C13H16O2S. The molecule has 0 unspecified atom stereocenters. The summed E-state index contributed by atoms with van der Waals surface area (Å²) >= 11 is 1.95. The van der Waals surface area contributed by atoms with Crippen molar-refractivity contribution in [3.8, 4) is 0 Å². The fourth-order valence-electron chi connectivity index (χ4n) is 1.56. The second-order valence-corrected chi connectivity index (χ2v) is 5.58. The lowest BCUT2D eigenvalue weighted by Gasteiger charge is -2.02. The van der Waals surface area contributed by atoms with E-state index in [4.69, 9.17) is 5.11 Å². The molecule has 0 radical (unpaired) electrons. The normalized spacial score (nSPS) is 15.0. The predicted octanol–water partition coefficient (Wildman–Crippen LogP) is 3.35. The van der Waals surface area contributed by atoms with E-state index in [-0.39, 0.29) is 6.42 Å². The average molecular weight is 236 g/mol. The minimum absolute atomic E-state index is 0.262. The number of hydrogen-bond donors (Lipinski definition) is 1. The number of carboxylic acids is 1. The van der Waals surface area contributed by atoms with Crippen molar-refractivity contribution in [2.24, 2.45) is 0 Å². The minimum Gasteiger partial charge on any atom is -0.481 e. The van der Waals surface area contributed by atoms with Crippen LogP contribution in [0.15, 0.2) is 29.2 Å². The van der Waals surface area contributed by atoms with E-state index in [9.17, 15) is 4.79 Å². The lowest BCUT2D eigenvalue weighted by atomic mass is 10.1. The highest BCUT2D eigenvalue weighted by molar-refractivity contribution is 8.00. The van der Waals surface area contributed by atoms with Crippen molar-refractivity contribution in [2.75, 3.05) is 0 Å². The summed E-state index contributed by atoms with van der Waals surface area (Å²) in [6.07, 6.45) is 4.56. The van der Waals surface area contributed by atoms with Crippen molar-refractivity contribution in [3.05, 3.63) is 29.8 Å². The standard InChI is InChI=1S/C13H16O2S/c14-13(15)3-1-2-10-4-6-11(7-5-10)16-12-8-9-12/h4-7,12H,1-3,8-9H2,(H,14,15). The number of carbonyl (C=O) groups is 1. The van der Waals surface area contributed by atoms with Crippen molar-refractivity contribution in [3.63, 3.8) is 0 Å². The first-order chi connectivity index (χ1) is 7.74. The van der Waals surface area contributed by atoms with E-state index in [0.29, 0.717) is 0 Å². The molecule has 2 rings (SSSR count). The van der Waals surface area contributed by atoms with Gasteiger partial charge in [-0.25, -0.2) is 0 Å². The number of aryl methyl sites for hydroxylation is 1. The Hall–Kier alpha value is -0.960. The maximum Gasteiger partial charge on any atom is 0.303 e. The molecule has 0 aromatic heterocycles. The van der Waals surface area contributed by atoms with E-state index in [1.165, 1.54) is 23.3 Å². The SMILES string of the molecule is O=C(O)CCCc1ccc(SC2CC2)cc1. The van der Waals surface area contributed by atoms with Gasteiger partial charge in [0.1, 0.15) is 0 Å². The van der Waals surface area contributed by atoms with Crippen LogP contribution in [0.5, 0.6) is 0 Å². The van der Waals surface area contributed by atoms with Crippen LogP contribution in [0.3, 0.4) is 0 Å². The zero-order valence-electron chi connectivity index (χ0n) is 9.19. The van der Waals surface area contributed by atoms with Crippen molar-refractivity contribution in [1.82, 2.24) is 0 Å². The molecule has 1 aromatic carbocycles. The van der Waals surface area contributed by atoms with E-state index in [1.807, 2.05) is 11.8 Å². The molecule has 3 heteroatoms. The smallest absolute Gasteiger partial charge is 0.303 e. The van der Waals surface area contributed by atoms with Crippen molar-refractivity contribution < 1.29 is 9.90 Å². The van der Waals surface area contributed by atoms with Crippen LogP contribution in [0.1, 0.15) is 31.2 Å². The Morgan fingerprint density at radius 1 is 1.31 bits per heavy atom. The van der Waals surface area contributed by atoms with E-state index in [1.54, 1.807) is 0 Å². The summed E-state index contributed by atoms with van der Waals surface area (Å²) in [6, 6.07) is 8.54. The molecule has 0 amide bonds. The number of aliphatic carboxylic acids is 1. The molecule has 0 bridgehead atoms. The lowest BCUT2D eigenvalue weighted by molar-refractivity contribution is -0.137. The van der Waals surface area contributed by atoms with E-state index in [2.05, 4.69) is 24.3 Å². The molecule has 1 aliphatic rings. The highest BCUT2D eigenvalue weighted by Gasteiger charge is 2.22. The first-order valence-corrected chi connectivity index (χ1v) is 6.59. The van der Waals surface area contributed by atoms with Gasteiger partial charge in [0.15, 0.2) is 0 Å². The number of benzene rings is 1. The highest BCUT2D eigenvalue weighted by Crippen LogP contribution is 2.38. The maximum atomic E-state index is 10.4. The van der Waals surface area contributed by atoms with E-state index in [0.717, 1.165) is 18.1 Å². The third-order valence-electron chi connectivity index (χ3n) is 2.61. The Bertz CT molecular complexity index is 355. The molecule has 86 valence electrons. The molecule has 0 atom stereocenters. The number of thioether (sulfide) groups is 1. The van der Waals surface area contributed by atoms with Crippen molar-refractivity contribution in [2.45, 2.75) is 42.2 Å². The summed E-state index contributed by atoms with van der Waals surface area (Å²) < 4.78 is 0. The summed E-state index contributed by atoms with van der Waals surface area (Å²) in [7, 11) is 0. The van der Waals surface area contributed by atoms with Crippen LogP contribution >= 0.6 is 11.8 Å². The topological polar surface area (TPSA) is 37.3 Å². The molecular weight excluding hydrogens is 220 g/mol. The van der Waals surface area contributed by atoms with Crippen LogP contribution in [0.2, 0.25) is 0 Å². The van der Waals surface area contributed by atoms with Crippen molar-refractivity contribution in [1.29, 1.82) is 0 Å². The van der Waals surface area contributed by atoms with Gasteiger partial charge in [-0.05, 0) is 43.4 Å². The number of rotatable bonds is 6. The van der Waals surface area contributed by atoms with Gasteiger partial charge >= 0.3 is 5.97 Å². The molecule has 2 nitrogen and oxygen atoms in total. The quantitative estimate of drug-likeness (QED) is 0.823. The average Bonchev–Trinajstić information content (AvgIpc) is 3.04. The van der Waals surface area contributed by atoms with Gasteiger partial charge in [-0.3, -0.25) is 4.79 Å². The maximum absolute atomic E-state index is 10.4. The molecule has 1 N–H and O–H groups in total. The van der Waals surface area contributed by atoms with Crippen LogP contribution in [-0.4, -0.2) is 16.3 Å². The molecule has 16 heavy (non-hydrogen) atoms. The minimum atomic E-state index is -0.707. The van der Waals surface area contributed by atoms with Gasteiger partial charge in [0.05, 0.1) is 0 Å². The molecule has 1 aliphatic carbocycles. The lowest BCUT2D eigenvalue weighted by Crippen LogP contribution is -1.95. The van der Waals surface area contributed by atoms with Crippen LogP contribution in [0.25, 0.3) is 0 Å². The number of hydrogen-bond acceptors (Lipinski definition) is 2. The van der Waals surface area contributed by atoms with Crippen LogP contribution in [0.4, 0.5) is 0 Å². The fourth-order valence-corrected chi connectivity index (χ4v) is 2.61. The summed E-state index contributed by atoms with van der Waals surface area (Å²) in [5.41, 5.74) is 1.24. The highest BCUT2D eigenvalue weighted by atomic mass is 32.2. The third kappa shape index (κ3) is 3.89.